The fraction of sp³-hybridized carbons (Fsp3) is 0.684. The molecule has 0 radical (unpaired) electrons. The number of hydrogen-bond acceptors (Lipinski definition) is 10. The summed E-state index contributed by atoms with van der Waals surface area (Å²) in [7, 11) is 0. The number of carbonyl (C=O) groups excluding carboxylic acids is 4. The molecule has 1 aromatic carbocycles. The summed E-state index contributed by atoms with van der Waals surface area (Å²) in [5, 5.41) is 12.9. The Hall–Kier alpha value is -3.24. The van der Waals surface area contributed by atoms with Gasteiger partial charge in [0, 0.05) is 50.4 Å². The first-order chi connectivity index (χ1) is 22.5. The van der Waals surface area contributed by atoms with E-state index >= 15 is 0 Å². The molecule has 10 nitrogen and oxygen atoms in total. The minimum atomic E-state index is -1.26. The Kier molecular flexibility index (Phi) is 9.94. The Morgan fingerprint density at radius 1 is 0.896 bits per heavy atom. The van der Waals surface area contributed by atoms with E-state index in [-0.39, 0.29) is 19.1 Å². The molecule has 5 rings (SSSR count). The average molecular weight is 669 g/mol. The lowest BCUT2D eigenvalue weighted by atomic mass is 9.36. The van der Waals surface area contributed by atoms with Gasteiger partial charge in [0.15, 0.2) is 0 Å². The van der Waals surface area contributed by atoms with Gasteiger partial charge in [0.05, 0.1) is 25.4 Å². The van der Waals surface area contributed by atoms with Crippen molar-refractivity contribution in [3.63, 3.8) is 0 Å². The van der Waals surface area contributed by atoms with E-state index < -0.39 is 75.9 Å². The Balaban J connectivity index is 1.69. The van der Waals surface area contributed by atoms with Gasteiger partial charge >= 0.3 is 23.9 Å². The molecule has 264 valence electrons. The van der Waals surface area contributed by atoms with Crippen LogP contribution in [0.25, 0.3) is 0 Å². The van der Waals surface area contributed by atoms with Crippen LogP contribution in [-0.2, 0) is 49.3 Å². The Bertz CT molecular complexity index is 1470. The Morgan fingerprint density at radius 3 is 2.19 bits per heavy atom. The second kappa shape index (κ2) is 13.2. The Morgan fingerprint density at radius 2 is 1.56 bits per heavy atom. The van der Waals surface area contributed by atoms with Crippen LogP contribution in [0.1, 0.15) is 85.3 Å². The normalized spacial score (nSPS) is 38.4. The third kappa shape index (κ3) is 5.97. The van der Waals surface area contributed by atoms with Crippen molar-refractivity contribution in [2.24, 2.45) is 34.0 Å². The number of ether oxygens (including phenoxy) is 5. The highest BCUT2D eigenvalue weighted by molar-refractivity contribution is 5.68. The third-order valence-electron chi connectivity index (χ3n) is 12.5. The molecule has 48 heavy (non-hydrogen) atoms. The molecule has 0 bridgehead atoms. The molecule has 2 saturated carbocycles. The second-order valence-electron chi connectivity index (χ2n) is 15.2. The largest absolute Gasteiger partial charge is 0.466 e. The van der Waals surface area contributed by atoms with Gasteiger partial charge in [-0.3, -0.25) is 19.2 Å². The van der Waals surface area contributed by atoms with E-state index in [1.807, 2.05) is 32.1 Å². The van der Waals surface area contributed by atoms with E-state index in [2.05, 4.69) is 26.0 Å². The molecule has 0 amide bonds. The maximum Gasteiger partial charge on any atom is 0.303 e. The highest BCUT2D eigenvalue weighted by Crippen LogP contribution is 2.72. The maximum absolute atomic E-state index is 13.0. The van der Waals surface area contributed by atoms with E-state index in [0.717, 1.165) is 16.7 Å². The summed E-state index contributed by atoms with van der Waals surface area (Å²) >= 11 is 0. The lowest BCUT2D eigenvalue weighted by Gasteiger charge is -2.70. The predicted molar refractivity (Wildman–Crippen MR) is 175 cm³/mol. The van der Waals surface area contributed by atoms with Crippen molar-refractivity contribution >= 4 is 23.9 Å². The van der Waals surface area contributed by atoms with Gasteiger partial charge in [0.25, 0.3) is 0 Å². The minimum Gasteiger partial charge on any atom is -0.466 e. The molecule has 3 fully saturated rings. The van der Waals surface area contributed by atoms with E-state index in [1.54, 1.807) is 0 Å². The van der Waals surface area contributed by atoms with Crippen molar-refractivity contribution in [1.82, 2.24) is 0 Å². The molecule has 1 unspecified atom stereocenters. The lowest BCUT2D eigenvalue weighted by molar-refractivity contribution is -0.287. The summed E-state index contributed by atoms with van der Waals surface area (Å²) in [4.78, 5) is 50.4. The first kappa shape index (κ1) is 36.1. The van der Waals surface area contributed by atoms with Crippen LogP contribution >= 0.6 is 0 Å². The van der Waals surface area contributed by atoms with Gasteiger partial charge in [0.2, 0.25) is 0 Å². The lowest BCUT2D eigenvalue weighted by Crippen LogP contribution is -2.74. The van der Waals surface area contributed by atoms with Crippen LogP contribution in [0.15, 0.2) is 35.9 Å². The number of esters is 4. The molecule has 1 aliphatic heterocycles. The SMILES string of the molecule is CC(=O)OCC[C@]12COC[C@H]1[C@]1(C)CC[C@@H]3[C@@](C)(C1[C@H](OC(C)=O)[C@@H]2OC(C)=O)[C@H](OC(C)=O)C=C(C)[C@]3(O)CCc1ccccc1C. The molecule has 1 saturated heterocycles. The van der Waals surface area contributed by atoms with Crippen LogP contribution in [-0.4, -0.2) is 72.7 Å². The average Bonchev–Trinajstić information content (AvgIpc) is 3.43. The fourth-order valence-electron chi connectivity index (χ4n) is 10.6. The van der Waals surface area contributed by atoms with Crippen LogP contribution in [0.2, 0.25) is 0 Å². The molecule has 3 aliphatic carbocycles. The quantitative estimate of drug-likeness (QED) is 0.216. The smallest absolute Gasteiger partial charge is 0.303 e. The predicted octanol–water partition coefficient (Wildman–Crippen LogP) is 5.05. The molecule has 0 aromatic heterocycles. The van der Waals surface area contributed by atoms with Crippen molar-refractivity contribution in [3.8, 4) is 0 Å². The fourth-order valence-corrected chi connectivity index (χ4v) is 10.6. The van der Waals surface area contributed by atoms with E-state index in [1.165, 1.54) is 27.7 Å². The number of aliphatic hydroxyl groups is 1. The second-order valence-corrected chi connectivity index (χ2v) is 15.2. The van der Waals surface area contributed by atoms with Crippen molar-refractivity contribution < 1.29 is 48.0 Å². The summed E-state index contributed by atoms with van der Waals surface area (Å²) in [6.45, 7) is 14.2. The van der Waals surface area contributed by atoms with Crippen LogP contribution < -0.4 is 0 Å². The van der Waals surface area contributed by atoms with Gasteiger partial charge in [0.1, 0.15) is 18.3 Å². The van der Waals surface area contributed by atoms with Gasteiger partial charge in [-0.2, -0.15) is 0 Å². The van der Waals surface area contributed by atoms with Crippen LogP contribution in [0, 0.1) is 40.9 Å². The van der Waals surface area contributed by atoms with Crippen molar-refractivity contribution in [1.29, 1.82) is 0 Å². The van der Waals surface area contributed by atoms with E-state index in [4.69, 9.17) is 23.7 Å². The number of carbonyl (C=O) groups is 4. The number of benzene rings is 1. The van der Waals surface area contributed by atoms with Crippen molar-refractivity contribution in [2.75, 3.05) is 19.8 Å². The van der Waals surface area contributed by atoms with Gasteiger partial charge < -0.3 is 28.8 Å². The first-order valence-electron chi connectivity index (χ1n) is 17.2. The van der Waals surface area contributed by atoms with Crippen LogP contribution in [0.3, 0.4) is 0 Å². The summed E-state index contributed by atoms with van der Waals surface area (Å²) in [6.07, 6.45) is 1.89. The number of fused-ring (bicyclic) bond motifs is 5. The molecule has 10 atom stereocenters. The zero-order chi connectivity index (χ0) is 35.2. The highest BCUT2D eigenvalue weighted by Gasteiger charge is 2.76. The summed E-state index contributed by atoms with van der Waals surface area (Å²) in [5.41, 5.74) is -0.589. The molecule has 1 aromatic rings. The maximum atomic E-state index is 13.0. The van der Waals surface area contributed by atoms with Gasteiger partial charge in [-0.1, -0.05) is 38.1 Å². The zero-order valence-corrected chi connectivity index (χ0v) is 29.6. The van der Waals surface area contributed by atoms with E-state index in [0.29, 0.717) is 38.7 Å². The van der Waals surface area contributed by atoms with Crippen LogP contribution in [0.5, 0.6) is 0 Å². The summed E-state index contributed by atoms with van der Waals surface area (Å²) < 4.78 is 30.3. The standard InChI is InChI=1S/C38H52O10/c1-22-11-9-10-12-28(22)13-16-38(43)23(2)19-31(46-25(4)40)36(8)29(38)14-15-35(7)30-20-44-21-37(30,17-18-45-24(3)39)34(48-27(6)42)32(33(35)36)47-26(5)41/h9-12,19,29-34,43H,13-18,20-21H2,1-8H3/t29-,30+,31-,32+,33?,34+,35+,36-,37+,38-/m1/s1. The molecule has 4 aliphatic rings. The zero-order valence-electron chi connectivity index (χ0n) is 29.6. The summed E-state index contributed by atoms with van der Waals surface area (Å²) in [5.74, 6) is -3.07. The van der Waals surface area contributed by atoms with Crippen molar-refractivity contribution in [2.45, 2.75) is 111 Å². The topological polar surface area (TPSA) is 135 Å². The number of aryl methyl sites for hydroxylation is 2. The van der Waals surface area contributed by atoms with Gasteiger partial charge in [-0.05, 0) is 80.1 Å². The first-order valence-corrected chi connectivity index (χ1v) is 17.2. The van der Waals surface area contributed by atoms with Gasteiger partial charge in [-0.15, -0.1) is 0 Å². The Labute approximate surface area is 283 Å². The molecule has 1 heterocycles. The molecular formula is C38H52O10. The molecule has 0 spiro atoms. The molecule has 1 N–H and O–H groups in total. The van der Waals surface area contributed by atoms with Crippen LogP contribution in [0.4, 0.5) is 0 Å². The minimum absolute atomic E-state index is 0.0804. The van der Waals surface area contributed by atoms with Crippen molar-refractivity contribution in [3.05, 3.63) is 47.0 Å². The molecular weight excluding hydrogens is 616 g/mol. The summed E-state index contributed by atoms with van der Waals surface area (Å²) in [6, 6.07) is 8.14. The monoisotopic (exact) mass is 668 g/mol. The van der Waals surface area contributed by atoms with Gasteiger partial charge in [-0.25, -0.2) is 0 Å². The number of rotatable bonds is 9. The van der Waals surface area contributed by atoms with E-state index in [9.17, 15) is 24.3 Å². The third-order valence-corrected chi connectivity index (χ3v) is 12.5. The highest BCUT2D eigenvalue weighted by atomic mass is 16.6. The number of hydrogen-bond donors (Lipinski definition) is 1. The molecule has 10 heteroatoms.